The van der Waals surface area contributed by atoms with Crippen molar-refractivity contribution in [2.24, 2.45) is 0 Å². The number of hydrogen-bond acceptors (Lipinski definition) is 2. The van der Waals surface area contributed by atoms with Crippen molar-refractivity contribution in [2.75, 3.05) is 12.0 Å². The molecule has 0 saturated carbocycles. The zero-order chi connectivity index (χ0) is 15.6. The lowest BCUT2D eigenvalue weighted by Gasteiger charge is -2.18. The summed E-state index contributed by atoms with van der Waals surface area (Å²) in [5, 5.41) is 6.85. The van der Waals surface area contributed by atoms with Gasteiger partial charge in [0.1, 0.15) is 0 Å². The Hall–Kier alpha value is -0.780. The molecule has 2 rings (SSSR count). The summed E-state index contributed by atoms with van der Waals surface area (Å²) in [6.07, 6.45) is 3.22. The molecule has 0 bridgehead atoms. The molecule has 3 unspecified atom stereocenters. The number of rotatable bonds is 4. The van der Waals surface area contributed by atoms with Gasteiger partial charge in [-0.1, -0.05) is 29.3 Å². The molecule has 116 valence electrons. The molecule has 7 heteroatoms. The third kappa shape index (κ3) is 4.11. The maximum absolute atomic E-state index is 12.0. The maximum Gasteiger partial charge on any atom is 0.315 e. The third-order valence-corrected chi connectivity index (χ3v) is 5.27. The van der Waals surface area contributed by atoms with Crippen LogP contribution in [0.4, 0.5) is 4.79 Å². The largest absolute Gasteiger partial charge is 0.335 e. The molecule has 1 aromatic carbocycles. The molecular weight excluding hydrogens is 331 g/mol. The van der Waals surface area contributed by atoms with Gasteiger partial charge in [0.2, 0.25) is 0 Å². The first-order valence-corrected chi connectivity index (χ1v) is 9.20. The molecule has 0 saturated heterocycles. The Balaban J connectivity index is 1.99. The van der Waals surface area contributed by atoms with E-state index in [-0.39, 0.29) is 18.1 Å². The van der Waals surface area contributed by atoms with E-state index >= 15 is 0 Å². The van der Waals surface area contributed by atoms with Crippen molar-refractivity contribution in [1.29, 1.82) is 0 Å². The van der Waals surface area contributed by atoms with E-state index in [4.69, 9.17) is 23.2 Å². The minimum absolute atomic E-state index is 0.0610. The van der Waals surface area contributed by atoms with Crippen LogP contribution in [0.15, 0.2) is 12.1 Å². The number of fused-ring (bicyclic) bond motifs is 1. The van der Waals surface area contributed by atoms with Crippen molar-refractivity contribution in [2.45, 2.75) is 31.8 Å². The van der Waals surface area contributed by atoms with Gasteiger partial charge in [0, 0.05) is 28.9 Å². The molecular formula is C14H18Cl2N2O2S. The summed E-state index contributed by atoms with van der Waals surface area (Å²) in [6.45, 7) is 1.83. The molecule has 0 heterocycles. The zero-order valence-corrected chi connectivity index (χ0v) is 14.2. The Morgan fingerprint density at radius 2 is 2.19 bits per heavy atom. The van der Waals surface area contributed by atoms with Gasteiger partial charge in [0.15, 0.2) is 0 Å². The predicted molar refractivity (Wildman–Crippen MR) is 87.6 cm³/mol. The molecule has 0 spiro atoms. The van der Waals surface area contributed by atoms with Crippen LogP contribution in [-0.2, 0) is 17.2 Å². The Bertz CT molecular complexity index is 580. The van der Waals surface area contributed by atoms with Gasteiger partial charge in [-0.15, -0.1) is 0 Å². The molecule has 4 nitrogen and oxygen atoms in total. The van der Waals surface area contributed by atoms with Crippen LogP contribution >= 0.6 is 23.2 Å². The highest BCUT2D eigenvalue weighted by Crippen LogP contribution is 2.38. The van der Waals surface area contributed by atoms with Crippen molar-refractivity contribution in [1.82, 2.24) is 10.6 Å². The van der Waals surface area contributed by atoms with E-state index in [9.17, 15) is 9.00 Å². The Morgan fingerprint density at radius 3 is 2.86 bits per heavy atom. The number of halogens is 2. The first-order chi connectivity index (χ1) is 9.88. The van der Waals surface area contributed by atoms with Gasteiger partial charge in [-0.3, -0.25) is 4.21 Å². The van der Waals surface area contributed by atoms with Crippen molar-refractivity contribution in [3.63, 3.8) is 0 Å². The number of urea groups is 1. The fourth-order valence-electron chi connectivity index (χ4n) is 2.60. The number of amides is 2. The second-order valence-corrected chi connectivity index (χ2v) is 7.54. The molecule has 1 aromatic rings. The van der Waals surface area contributed by atoms with Gasteiger partial charge in [-0.05, 0) is 37.0 Å². The SMILES string of the molecule is CC(CS(C)=O)NC(=O)NC1CCc2c1ccc(Cl)c2Cl. The van der Waals surface area contributed by atoms with E-state index in [0.29, 0.717) is 15.8 Å². The van der Waals surface area contributed by atoms with E-state index in [1.165, 1.54) is 0 Å². The van der Waals surface area contributed by atoms with Crippen LogP contribution in [0.1, 0.15) is 30.5 Å². The quantitative estimate of drug-likeness (QED) is 0.878. The molecule has 3 atom stereocenters. The number of carbonyl (C=O) groups is 1. The van der Waals surface area contributed by atoms with Crippen LogP contribution in [0.25, 0.3) is 0 Å². The van der Waals surface area contributed by atoms with Gasteiger partial charge >= 0.3 is 6.03 Å². The van der Waals surface area contributed by atoms with Crippen molar-refractivity contribution in [3.05, 3.63) is 33.3 Å². The van der Waals surface area contributed by atoms with E-state index < -0.39 is 10.8 Å². The van der Waals surface area contributed by atoms with Crippen LogP contribution in [-0.4, -0.2) is 28.3 Å². The molecule has 1 aliphatic rings. The predicted octanol–water partition coefficient (Wildman–Crippen LogP) is 3.05. The Kier molecular flexibility index (Phi) is 5.52. The third-order valence-electron chi connectivity index (χ3n) is 3.46. The highest BCUT2D eigenvalue weighted by molar-refractivity contribution is 7.84. The highest BCUT2D eigenvalue weighted by atomic mass is 35.5. The first kappa shape index (κ1) is 16.6. The molecule has 2 N–H and O–H groups in total. The summed E-state index contributed by atoms with van der Waals surface area (Å²) in [7, 11) is -0.933. The Morgan fingerprint density at radius 1 is 1.48 bits per heavy atom. The average molecular weight is 349 g/mol. The summed E-state index contributed by atoms with van der Waals surface area (Å²) in [5.41, 5.74) is 2.03. The minimum atomic E-state index is -0.933. The number of nitrogens with one attached hydrogen (secondary N) is 2. The maximum atomic E-state index is 12.0. The molecule has 0 fully saturated rings. The van der Waals surface area contributed by atoms with E-state index in [1.54, 1.807) is 12.3 Å². The number of benzene rings is 1. The zero-order valence-electron chi connectivity index (χ0n) is 11.9. The van der Waals surface area contributed by atoms with Crippen molar-refractivity contribution < 1.29 is 9.00 Å². The number of carbonyl (C=O) groups excluding carboxylic acids is 1. The summed E-state index contributed by atoms with van der Waals surface area (Å²) >= 11 is 12.2. The first-order valence-electron chi connectivity index (χ1n) is 6.72. The fraction of sp³-hybridized carbons (Fsp3) is 0.500. The van der Waals surface area contributed by atoms with Crippen LogP contribution < -0.4 is 10.6 Å². The summed E-state index contributed by atoms with van der Waals surface area (Å²) < 4.78 is 11.1. The molecule has 2 amide bonds. The van der Waals surface area contributed by atoms with Crippen molar-refractivity contribution >= 4 is 40.0 Å². The second-order valence-electron chi connectivity index (χ2n) is 5.28. The number of hydrogen-bond donors (Lipinski definition) is 2. The summed E-state index contributed by atoms with van der Waals surface area (Å²) in [6, 6.07) is 3.21. The lowest BCUT2D eigenvalue weighted by atomic mass is 10.1. The standard InChI is InChI=1S/C14H18Cl2N2O2S/c1-8(7-21(2)20)17-14(19)18-12-6-4-10-9(12)3-5-11(15)13(10)16/h3,5,8,12H,4,6-7H2,1-2H3,(H2,17,18,19). The molecule has 21 heavy (non-hydrogen) atoms. The van der Waals surface area contributed by atoms with Crippen LogP contribution in [0, 0.1) is 0 Å². The second kappa shape index (κ2) is 6.99. The van der Waals surface area contributed by atoms with Gasteiger partial charge in [0.05, 0.1) is 16.1 Å². The Labute approximate surface area is 137 Å². The molecule has 1 aliphatic carbocycles. The summed E-state index contributed by atoms with van der Waals surface area (Å²) in [5.74, 6) is 0.441. The van der Waals surface area contributed by atoms with Crippen LogP contribution in [0.5, 0.6) is 0 Å². The monoisotopic (exact) mass is 348 g/mol. The highest BCUT2D eigenvalue weighted by Gasteiger charge is 2.27. The van der Waals surface area contributed by atoms with Crippen molar-refractivity contribution in [3.8, 4) is 0 Å². The lowest BCUT2D eigenvalue weighted by Crippen LogP contribution is -2.43. The smallest absolute Gasteiger partial charge is 0.315 e. The van der Waals surface area contributed by atoms with Crippen LogP contribution in [0.3, 0.4) is 0 Å². The topological polar surface area (TPSA) is 58.2 Å². The van der Waals surface area contributed by atoms with Gasteiger partial charge in [-0.25, -0.2) is 4.79 Å². The average Bonchev–Trinajstić information content (AvgIpc) is 2.76. The van der Waals surface area contributed by atoms with Gasteiger partial charge in [0.25, 0.3) is 0 Å². The summed E-state index contributed by atoms with van der Waals surface area (Å²) in [4.78, 5) is 12.0. The van der Waals surface area contributed by atoms with E-state index in [0.717, 1.165) is 24.0 Å². The lowest BCUT2D eigenvalue weighted by molar-refractivity contribution is 0.235. The van der Waals surface area contributed by atoms with Gasteiger partial charge in [-0.2, -0.15) is 0 Å². The van der Waals surface area contributed by atoms with E-state index in [1.807, 2.05) is 13.0 Å². The molecule has 0 aliphatic heterocycles. The van der Waals surface area contributed by atoms with Crippen LogP contribution in [0.2, 0.25) is 10.0 Å². The minimum Gasteiger partial charge on any atom is -0.335 e. The van der Waals surface area contributed by atoms with E-state index in [2.05, 4.69) is 10.6 Å². The van der Waals surface area contributed by atoms with Gasteiger partial charge < -0.3 is 10.6 Å². The molecule has 0 radical (unpaired) electrons. The normalized spacial score (nSPS) is 19.7. The molecule has 0 aromatic heterocycles. The fourth-order valence-corrected chi connectivity index (χ4v) is 3.83.